The molecule has 1 saturated heterocycles. The van der Waals surface area contributed by atoms with E-state index in [1.165, 1.54) is 11.0 Å². The molecule has 1 aliphatic rings. The fraction of sp³-hybridized carbons (Fsp3) is 0.364. The molecule has 1 amide bonds. The molecule has 1 fully saturated rings. The number of nitrogens with zero attached hydrogens (tertiary/aromatic N) is 1. The first kappa shape index (κ1) is 11.8. The molecule has 17 heavy (non-hydrogen) atoms. The van der Waals surface area contributed by atoms with Crippen LogP contribution in [0, 0.1) is 0 Å². The van der Waals surface area contributed by atoms with Crippen LogP contribution in [0.3, 0.4) is 0 Å². The number of hydrogen-bond acceptors (Lipinski definition) is 3. The van der Waals surface area contributed by atoms with Gasteiger partial charge in [-0.1, -0.05) is 18.2 Å². The van der Waals surface area contributed by atoms with E-state index >= 15 is 0 Å². The molecule has 2 rings (SSSR count). The minimum absolute atomic E-state index is 0.0816. The van der Waals surface area contributed by atoms with Gasteiger partial charge in [0.05, 0.1) is 6.54 Å². The Labute approximate surface area is 97.2 Å². The van der Waals surface area contributed by atoms with Gasteiger partial charge in [0.15, 0.2) is 0 Å². The van der Waals surface area contributed by atoms with E-state index < -0.39 is 12.8 Å². The van der Waals surface area contributed by atoms with E-state index in [2.05, 4.69) is 10.1 Å². The first-order valence-electron chi connectivity index (χ1n) is 5.12. The molecular formula is C11H12F2N2O2. The molecule has 1 N–H and O–H groups in total. The summed E-state index contributed by atoms with van der Waals surface area (Å²) in [5, 5.41) is 2.94. The molecule has 0 saturated carbocycles. The zero-order chi connectivity index (χ0) is 12.4. The smallest absolute Gasteiger partial charge is 0.387 e. The zero-order valence-corrected chi connectivity index (χ0v) is 9.19. The number of alkyl halides is 2. The minimum atomic E-state index is -2.88. The van der Waals surface area contributed by atoms with Crippen LogP contribution in [0.1, 0.15) is 11.7 Å². The van der Waals surface area contributed by atoms with Gasteiger partial charge in [-0.2, -0.15) is 8.78 Å². The molecule has 1 aromatic rings. The molecule has 1 unspecified atom stereocenters. The largest absolute Gasteiger partial charge is 0.434 e. The summed E-state index contributed by atoms with van der Waals surface area (Å²) in [5.74, 6) is 0.00315. The van der Waals surface area contributed by atoms with E-state index in [-0.39, 0.29) is 18.2 Å². The maximum Gasteiger partial charge on any atom is 0.387 e. The molecule has 0 bridgehead atoms. The standard InChI is InChI=1S/C11H12F2N2O2/c1-15-9(16)6-14-10(15)7-4-2-3-5-8(7)17-11(12)13/h2-5,10-11,14H,6H2,1H3. The lowest BCUT2D eigenvalue weighted by Crippen LogP contribution is -2.26. The van der Waals surface area contributed by atoms with E-state index in [9.17, 15) is 13.6 Å². The predicted octanol–water partition coefficient (Wildman–Crippen LogP) is 1.35. The van der Waals surface area contributed by atoms with Crippen molar-refractivity contribution in [1.82, 2.24) is 10.2 Å². The second kappa shape index (κ2) is 4.67. The molecule has 0 aromatic heterocycles. The van der Waals surface area contributed by atoms with Gasteiger partial charge in [0.1, 0.15) is 11.9 Å². The van der Waals surface area contributed by atoms with Crippen molar-refractivity contribution in [3.05, 3.63) is 29.8 Å². The van der Waals surface area contributed by atoms with Crippen LogP contribution in [0.25, 0.3) is 0 Å². The number of ether oxygens (including phenoxy) is 1. The van der Waals surface area contributed by atoms with E-state index in [4.69, 9.17) is 0 Å². The van der Waals surface area contributed by atoms with Crippen LogP contribution in [-0.2, 0) is 4.79 Å². The van der Waals surface area contributed by atoms with Crippen LogP contribution in [0.4, 0.5) is 8.78 Å². The quantitative estimate of drug-likeness (QED) is 0.869. The van der Waals surface area contributed by atoms with Gasteiger partial charge >= 0.3 is 6.61 Å². The Hall–Kier alpha value is -1.69. The highest BCUT2D eigenvalue weighted by Crippen LogP contribution is 2.30. The third kappa shape index (κ3) is 2.36. The third-order valence-corrected chi connectivity index (χ3v) is 2.66. The van der Waals surface area contributed by atoms with E-state index in [0.717, 1.165) is 0 Å². The van der Waals surface area contributed by atoms with Crippen LogP contribution in [0.15, 0.2) is 24.3 Å². The van der Waals surface area contributed by atoms with Gasteiger partial charge in [0.2, 0.25) is 5.91 Å². The lowest BCUT2D eigenvalue weighted by molar-refractivity contribution is -0.126. The molecule has 6 heteroatoms. The Morgan fingerprint density at radius 1 is 1.47 bits per heavy atom. The van der Waals surface area contributed by atoms with Crippen LogP contribution in [0.2, 0.25) is 0 Å². The number of likely N-dealkylation sites (N-methyl/N-ethyl adjacent to an activating group) is 1. The van der Waals surface area contributed by atoms with Gasteiger partial charge in [0, 0.05) is 12.6 Å². The molecule has 1 aliphatic heterocycles. The normalized spacial score (nSPS) is 20.1. The fourth-order valence-corrected chi connectivity index (χ4v) is 1.82. The molecule has 0 aliphatic carbocycles. The Morgan fingerprint density at radius 3 is 2.76 bits per heavy atom. The van der Waals surface area contributed by atoms with Crippen molar-refractivity contribution in [2.24, 2.45) is 0 Å². The van der Waals surface area contributed by atoms with Crippen molar-refractivity contribution in [3.8, 4) is 5.75 Å². The summed E-state index contributed by atoms with van der Waals surface area (Å²) in [6.07, 6.45) is -0.419. The van der Waals surface area contributed by atoms with Crippen molar-refractivity contribution >= 4 is 5.91 Å². The number of amides is 1. The highest BCUT2D eigenvalue weighted by molar-refractivity contribution is 5.80. The Kier molecular flexibility index (Phi) is 3.23. The summed E-state index contributed by atoms with van der Waals surface area (Å²) in [6, 6.07) is 6.44. The first-order chi connectivity index (χ1) is 8.09. The summed E-state index contributed by atoms with van der Waals surface area (Å²) >= 11 is 0. The Bertz CT molecular complexity index is 426. The second-order valence-electron chi connectivity index (χ2n) is 3.70. The van der Waals surface area contributed by atoms with E-state index in [1.807, 2.05) is 0 Å². The second-order valence-corrected chi connectivity index (χ2v) is 3.70. The number of nitrogens with one attached hydrogen (secondary N) is 1. The molecule has 92 valence electrons. The van der Waals surface area contributed by atoms with Crippen molar-refractivity contribution < 1.29 is 18.3 Å². The first-order valence-corrected chi connectivity index (χ1v) is 5.12. The van der Waals surface area contributed by atoms with Crippen molar-refractivity contribution in [3.63, 3.8) is 0 Å². The predicted molar refractivity (Wildman–Crippen MR) is 56.6 cm³/mol. The Balaban J connectivity index is 2.28. The molecule has 0 radical (unpaired) electrons. The summed E-state index contributed by atoms with van der Waals surface area (Å²) in [5.41, 5.74) is 0.529. The molecule has 1 aromatic carbocycles. The minimum Gasteiger partial charge on any atom is -0.434 e. The van der Waals surface area contributed by atoms with Crippen molar-refractivity contribution in [1.29, 1.82) is 0 Å². The summed E-state index contributed by atoms with van der Waals surface area (Å²) in [7, 11) is 1.62. The number of rotatable bonds is 3. The summed E-state index contributed by atoms with van der Waals surface area (Å²) in [4.78, 5) is 12.8. The summed E-state index contributed by atoms with van der Waals surface area (Å²) < 4.78 is 28.9. The fourth-order valence-electron chi connectivity index (χ4n) is 1.82. The number of hydrogen-bond donors (Lipinski definition) is 1. The molecule has 1 atom stereocenters. The van der Waals surface area contributed by atoms with E-state index in [0.29, 0.717) is 5.56 Å². The van der Waals surface area contributed by atoms with Gasteiger partial charge < -0.3 is 9.64 Å². The maximum absolute atomic E-state index is 12.2. The van der Waals surface area contributed by atoms with Crippen molar-refractivity contribution in [2.45, 2.75) is 12.8 Å². The number of halogens is 2. The lowest BCUT2D eigenvalue weighted by Gasteiger charge is -2.22. The van der Waals surface area contributed by atoms with Gasteiger partial charge in [-0.25, -0.2) is 0 Å². The van der Waals surface area contributed by atoms with Crippen LogP contribution >= 0.6 is 0 Å². The lowest BCUT2D eigenvalue weighted by atomic mass is 10.1. The molecule has 0 spiro atoms. The maximum atomic E-state index is 12.2. The van der Waals surface area contributed by atoms with Gasteiger partial charge in [-0.3, -0.25) is 10.1 Å². The van der Waals surface area contributed by atoms with Crippen molar-refractivity contribution in [2.75, 3.05) is 13.6 Å². The SMILES string of the molecule is CN1C(=O)CNC1c1ccccc1OC(F)F. The van der Waals surface area contributed by atoms with Crippen LogP contribution in [0.5, 0.6) is 5.75 Å². The third-order valence-electron chi connectivity index (χ3n) is 2.66. The molecule has 4 nitrogen and oxygen atoms in total. The zero-order valence-electron chi connectivity index (χ0n) is 9.19. The highest BCUT2D eigenvalue weighted by atomic mass is 19.3. The average Bonchev–Trinajstić information content (AvgIpc) is 2.60. The van der Waals surface area contributed by atoms with Gasteiger partial charge in [-0.15, -0.1) is 0 Å². The van der Waals surface area contributed by atoms with Crippen LogP contribution in [-0.4, -0.2) is 31.0 Å². The number of para-hydroxylation sites is 1. The van der Waals surface area contributed by atoms with Crippen LogP contribution < -0.4 is 10.1 Å². The highest BCUT2D eigenvalue weighted by Gasteiger charge is 2.30. The van der Waals surface area contributed by atoms with E-state index in [1.54, 1.807) is 25.2 Å². The number of carbonyl (C=O) groups is 1. The molecule has 1 heterocycles. The van der Waals surface area contributed by atoms with Gasteiger partial charge in [0.25, 0.3) is 0 Å². The average molecular weight is 242 g/mol. The monoisotopic (exact) mass is 242 g/mol. The number of carbonyl (C=O) groups excluding carboxylic acids is 1. The number of benzene rings is 1. The van der Waals surface area contributed by atoms with Gasteiger partial charge in [-0.05, 0) is 6.07 Å². The Morgan fingerprint density at radius 2 is 2.18 bits per heavy atom. The topological polar surface area (TPSA) is 41.6 Å². The summed E-state index contributed by atoms with van der Waals surface area (Å²) in [6.45, 7) is -2.68. The molecular weight excluding hydrogens is 230 g/mol.